The van der Waals surface area contributed by atoms with Gasteiger partial charge in [0.1, 0.15) is 24.2 Å². The highest BCUT2D eigenvalue weighted by Gasteiger charge is 2.32. The summed E-state index contributed by atoms with van der Waals surface area (Å²) in [5, 5.41) is 21.7. The van der Waals surface area contributed by atoms with Crippen LogP contribution >= 0.6 is 0 Å². The lowest BCUT2D eigenvalue weighted by molar-refractivity contribution is -0.679. The summed E-state index contributed by atoms with van der Waals surface area (Å²) in [6.07, 6.45) is 3.96. The molecule has 1 aliphatic carbocycles. The second-order valence-electron chi connectivity index (χ2n) is 4.84. The number of hydrogen-bond acceptors (Lipinski definition) is 3. The summed E-state index contributed by atoms with van der Waals surface area (Å²) in [4.78, 5) is 5.63. The van der Waals surface area contributed by atoms with Crippen LogP contribution in [0.4, 0.5) is 5.69 Å². The predicted molar refractivity (Wildman–Crippen MR) is 61.6 cm³/mol. The summed E-state index contributed by atoms with van der Waals surface area (Å²) in [7, 11) is 0. The van der Waals surface area contributed by atoms with Gasteiger partial charge in [-0.05, 0) is 18.4 Å². The Labute approximate surface area is 97.8 Å². The highest BCUT2D eigenvalue weighted by molar-refractivity contribution is 5.73. The van der Waals surface area contributed by atoms with E-state index in [1.807, 2.05) is 0 Å². The highest BCUT2D eigenvalue weighted by atomic mass is 16.3. The molecular formula is C13H13N2O2+. The van der Waals surface area contributed by atoms with Gasteiger partial charge in [0.15, 0.2) is 11.4 Å². The van der Waals surface area contributed by atoms with Gasteiger partial charge in [0.05, 0.1) is 10.9 Å². The molecule has 86 valence electrons. The van der Waals surface area contributed by atoms with E-state index in [0.29, 0.717) is 11.1 Å². The molecular weight excluding hydrogens is 216 g/mol. The van der Waals surface area contributed by atoms with Gasteiger partial charge in [0, 0.05) is 6.07 Å². The van der Waals surface area contributed by atoms with E-state index in [-0.39, 0.29) is 5.75 Å². The average molecular weight is 229 g/mol. The van der Waals surface area contributed by atoms with E-state index in [1.165, 1.54) is 4.90 Å². The van der Waals surface area contributed by atoms with Crippen molar-refractivity contribution in [2.75, 3.05) is 13.1 Å². The third-order valence-corrected chi connectivity index (χ3v) is 3.71. The number of phenols is 2. The summed E-state index contributed by atoms with van der Waals surface area (Å²) >= 11 is 0. The molecule has 1 aromatic rings. The molecule has 4 rings (SSSR count). The number of hydrogen-bond donors (Lipinski definition) is 3. The Hall–Kier alpha value is -1.81. The first-order valence-electron chi connectivity index (χ1n) is 5.98. The average Bonchev–Trinajstić information content (AvgIpc) is 2.91. The number of phenolic OH excluding ortho intramolecular Hbond substituents is 2. The molecule has 3 aliphatic rings. The van der Waals surface area contributed by atoms with Crippen molar-refractivity contribution in [3.05, 3.63) is 28.4 Å². The minimum atomic E-state index is 0.190. The molecule has 4 nitrogen and oxygen atoms in total. The number of benzene rings is 1. The molecule has 0 aromatic heterocycles. The second-order valence-corrected chi connectivity index (χ2v) is 4.84. The Kier molecular flexibility index (Phi) is 1.58. The summed E-state index contributed by atoms with van der Waals surface area (Å²) in [5.74, 6) is 0.504. The lowest BCUT2D eigenvalue weighted by Crippen LogP contribution is -2.85. The first kappa shape index (κ1) is 9.24. The maximum absolute atomic E-state index is 10.4. The first-order valence-corrected chi connectivity index (χ1v) is 5.98. The van der Waals surface area contributed by atoms with Gasteiger partial charge in [-0.1, -0.05) is 6.08 Å². The van der Waals surface area contributed by atoms with Crippen molar-refractivity contribution in [3.8, 4) is 11.5 Å². The zero-order chi connectivity index (χ0) is 11.6. The van der Waals surface area contributed by atoms with Gasteiger partial charge in [-0.25, -0.2) is 4.99 Å². The standard InChI is InChI=1S/C13H12N2O2/c16-10-6-9(15-4-5-15)13(17)11-7-2-1-3-8(7)14-12(10)11/h3,6,16-17H,1-2,4-5H2/p+1. The minimum Gasteiger partial charge on any atom is -0.505 e. The van der Waals surface area contributed by atoms with Crippen molar-refractivity contribution in [3.63, 3.8) is 0 Å². The molecule has 1 saturated heterocycles. The van der Waals surface area contributed by atoms with Crippen molar-refractivity contribution in [2.24, 2.45) is 4.99 Å². The van der Waals surface area contributed by atoms with Gasteiger partial charge in [0.2, 0.25) is 0 Å². The Bertz CT molecular complexity index is 684. The number of allylic oxidation sites excluding steroid dienone is 2. The van der Waals surface area contributed by atoms with E-state index in [4.69, 9.17) is 0 Å². The lowest BCUT2D eigenvalue weighted by Gasteiger charge is -2.03. The van der Waals surface area contributed by atoms with Crippen LogP contribution in [0.15, 0.2) is 22.8 Å². The molecule has 0 radical (unpaired) electrons. The SMILES string of the molecule is Oc1cc([NH+]2CC2)c(O)c2c1=NC1=CCCC=21. The molecule has 2 heterocycles. The highest BCUT2D eigenvalue weighted by Crippen LogP contribution is 2.31. The van der Waals surface area contributed by atoms with Crippen LogP contribution in [-0.2, 0) is 0 Å². The van der Waals surface area contributed by atoms with E-state index in [0.717, 1.165) is 48.1 Å². The van der Waals surface area contributed by atoms with E-state index in [9.17, 15) is 10.2 Å². The predicted octanol–water partition coefficient (Wildman–Crippen LogP) is -0.911. The van der Waals surface area contributed by atoms with Gasteiger partial charge in [-0.15, -0.1) is 0 Å². The smallest absolute Gasteiger partial charge is 0.187 e. The molecule has 17 heavy (non-hydrogen) atoms. The van der Waals surface area contributed by atoms with Crippen LogP contribution < -0.4 is 15.5 Å². The van der Waals surface area contributed by atoms with Crippen LogP contribution in [0.25, 0.3) is 5.57 Å². The normalized spacial score (nSPS) is 20.9. The quantitative estimate of drug-likeness (QED) is 0.332. The van der Waals surface area contributed by atoms with Crippen LogP contribution in [0, 0.1) is 0 Å². The molecule has 3 N–H and O–H groups in total. The van der Waals surface area contributed by atoms with E-state index < -0.39 is 0 Å². The largest absolute Gasteiger partial charge is 0.505 e. The van der Waals surface area contributed by atoms with Crippen molar-refractivity contribution in [1.29, 1.82) is 0 Å². The Balaban J connectivity index is 2.15. The fourth-order valence-electron chi connectivity index (χ4n) is 2.74. The fourth-order valence-corrected chi connectivity index (χ4v) is 2.74. The second kappa shape index (κ2) is 2.90. The zero-order valence-electron chi connectivity index (χ0n) is 9.32. The maximum atomic E-state index is 10.4. The van der Waals surface area contributed by atoms with Crippen LogP contribution in [0.2, 0.25) is 0 Å². The topological polar surface area (TPSA) is 57.3 Å². The van der Waals surface area contributed by atoms with E-state index >= 15 is 0 Å². The molecule has 1 fully saturated rings. The number of fused-ring (bicyclic) bond motifs is 2. The monoisotopic (exact) mass is 229 g/mol. The summed E-state index contributed by atoms with van der Waals surface area (Å²) in [5.41, 5.74) is 2.84. The Morgan fingerprint density at radius 3 is 2.82 bits per heavy atom. The Morgan fingerprint density at radius 2 is 2.06 bits per heavy atom. The zero-order valence-corrected chi connectivity index (χ0v) is 9.32. The molecule has 0 amide bonds. The number of nitrogens with one attached hydrogen (secondary N) is 1. The third-order valence-electron chi connectivity index (χ3n) is 3.71. The summed E-state index contributed by atoms with van der Waals surface area (Å²) in [6, 6.07) is 1.65. The summed E-state index contributed by atoms with van der Waals surface area (Å²) < 4.78 is 0. The first-order chi connectivity index (χ1) is 8.25. The molecule has 0 saturated carbocycles. The number of rotatable bonds is 1. The van der Waals surface area contributed by atoms with E-state index in [2.05, 4.69) is 11.1 Å². The van der Waals surface area contributed by atoms with Gasteiger partial charge >= 0.3 is 0 Å². The molecule has 4 heteroatoms. The summed E-state index contributed by atoms with van der Waals surface area (Å²) in [6.45, 7) is 2.06. The van der Waals surface area contributed by atoms with Gasteiger partial charge in [-0.3, -0.25) is 4.90 Å². The third kappa shape index (κ3) is 1.13. The maximum Gasteiger partial charge on any atom is 0.187 e. The van der Waals surface area contributed by atoms with Gasteiger partial charge in [0.25, 0.3) is 0 Å². The van der Waals surface area contributed by atoms with Crippen molar-refractivity contribution < 1.29 is 15.1 Å². The fraction of sp³-hybridized carbons (Fsp3) is 0.308. The lowest BCUT2D eigenvalue weighted by atomic mass is 10.1. The van der Waals surface area contributed by atoms with Crippen LogP contribution in [0.3, 0.4) is 0 Å². The number of quaternary nitrogens is 1. The van der Waals surface area contributed by atoms with Crippen LogP contribution in [-0.4, -0.2) is 23.3 Å². The van der Waals surface area contributed by atoms with Crippen LogP contribution in [0.1, 0.15) is 12.8 Å². The van der Waals surface area contributed by atoms with Crippen molar-refractivity contribution in [1.82, 2.24) is 0 Å². The number of aromatic hydroxyl groups is 2. The molecule has 0 unspecified atom stereocenters. The van der Waals surface area contributed by atoms with Crippen molar-refractivity contribution in [2.45, 2.75) is 12.8 Å². The molecule has 0 atom stereocenters. The molecule has 2 aliphatic heterocycles. The van der Waals surface area contributed by atoms with Gasteiger partial charge in [-0.2, -0.15) is 0 Å². The molecule has 0 spiro atoms. The molecule has 1 aromatic carbocycles. The number of nitrogens with zero attached hydrogens (tertiary/aromatic N) is 1. The minimum absolute atomic E-state index is 0.190. The molecule has 0 bridgehead atoms. The Morgan fingerprint density at radius 1 is 1.24 bits per heavy atom. The van der Waals surface area contributed by atoms with Gasteiger partial charge < -0.3 is 10.2 Å². The van der Waals surface area contributed by atoms with Crippen molar-refractivity contribution >= 4 is 11.3 Å². The van der Waals surface area contributed by atoms with Crippen LogP contribution in [0.5, 0.6) is 11.5 Å². The van der Waals surface area contributed by atoms with E-state index in [1.54, 1.807) is 6.07 Å².